The van der Waals surface area contributed by atoms with Crippen molar-refractivity contribution in [1.29, 1.82) is 0 Å². The number of hydrazone groups is 1. The monoisotopic (exact) mass is 598 g/mol. The van der Waals surface area contributed by atoms with Crippen LogP contribution in [0, 0.1) is 12.8 Å². The van der Waals surface area contributed by atoms with Crippen molar-refractivity contribution in [3.63, 3.8) is 0 Å². The van der Waals surface area contributed by atoms with Gasteiger partial charge in [0.25, 0.3) is 5.91 Å². The molecule has 2 aromatic carbocycles. The number of benzene rings is 2. The lowest BCUT2D eigenvalue weighted by molar-refractivity contribution is -0.142. The van der Waals surface area contributed by atoms with Gasteiger partial charge in [0.1, 0.15) is 6.54 Å². The fourth-order valence-electron chi connectivity index (χ4n) is 5.73. The maximum Gasteiger partial charge on any atom is 0.435 e. The predicted octanol–water partition coefficient (Wildman–Crippen LogP) is 6.07. The molecule has 1 saturated carbocycles. The van der Waals surface area contributed by atoms with Crippen LogP contribution in [0.1, 0.15) is 47.8 Å². The number of nitrogens with zero attached hydrogens (tertiary/aromatic N) is 4. The molecule has 3 aromatic rings. The first-order valence-corrected chi connectivity index (χ1v) is 13.7. The molecule has 2 heterocycles. The minimum Gasteiger partial charge on any atom is -0.493 e. The van der Waals surface area contributed by atoms with Crippen LogP contribution in [-0.2, 0) is 17.5 Å². The lowest BCUT2D eigenvalue weighted by Crippen LogP contribution is -2.34. The molecule has 0 radical (unpaired) electrons. The van der Waals surface area contributed by atoms with Gasteiger partial charge in [-0.15, -0.1) is 0 Å². The second-order valence-electron chi connectivity index (χ2n) is 10.4. The van der Waals surface area contributed by atoms with Crippen molar-refractivity contribution < 1.29 is 36.9 Å². The van der Waals surface area contributed by atoms with Gasteiger partial charge in [0.2, 0.25) is 0 Å². The van der Waals surface area contributed by atoms with Crippen LogP contribution in [0.15, 0.2) is 53.1 Å². The second kappa shape index (κ2) is 12.0. The van der Waals surface area contributed by atoms with E-state index in [0.29, 0.717) is 23.0 Å². The molecule has 2 aliphatic rings. The summed E-state index contributed by atoms with van der Waals surface area (Å²) in [6.07, 6.45) is -0.211. The maximum atomic E-state index is 13.8. The number of allylic oxidation sites excluding steroid dienone is 1. The number of aromatic nitrogens is 2. The second-order valence-corrected chi connectivity index (χ2v) is 10.4. The smallest absolute Gasteiger partial charge is 0.435 e. The number of alkyl halides is 3. The quantitative estimate of drug-likeness (QED) is 0.313. The zero-order chi connectivity index (χ0) is 30.9. The Kier molecular flexibility index (Phi) is 8.38. The van der Waals surface area contributed by atoms with Gasteiger partial charge in [-0.1, -0.05) is 12.1 Å². The van der Waals surface area contributed by atoms with Crippen LogP contribution in [0.3, 0.4) is 0 Å². The van der Waals surface area contributed by atoms with E-state index in [-0.39, 0.29) is 11.6 Å². The molecule has 43 heavy (non-hydrogen) atoms. The fraction of sp³-hybridized carbons (Fsp3) is 0.387. The van der Waals surface area contributed by atoms with Crippen LogP contribution in [0.25, 0.3) is 6.08 Å². The Hall–Kier alpha value is -4.48. The molecule has 1 amide bonds. The number of hydrogen-bond acceptors (Lipinski definition) is 7. The summed E-state index contributed by atoms with van der Waals surface area (Å²) < 4.78 is 62.8. The molecule has 1 aromatic heterocycles. The molecule has 2 unspecified atom stereocenters. The highest BCUT2D eigenvalue weighted by atomic mass is 19.4. The Balaban J connectivity index is 1.55. The average Bonchev–Trinajstić information content (AvgIpc) is 3.58. The molecule has 0 bridgehead atoms. The molecular weight excluding hydrogens is 565 g/mol. The summed E-state index contributed by atoms with van der Waals surface area (Å²) >= 11 is 0. The largest absolute Gasteiger partial charge is 0.493 e. The standard InChI is InChI=1S/C31H33F3N4O5/c1-18-13-27(31(32,33)34)35-37(18)17-28(39)38-30(21-10-12-24(41-3)26(16-21)43-5)22-8-6-7-20(29(22)36-38)14-19-9-11-23(40-2)25(15-19)42-4/h9-16,22,30H,6-8,17H2,1-5H3/b20-14+. The van der Waals surface area contributed by atoms with Crippen molar-refractivity contribution in [1.82, 2.24) is 14.8 Å². The van der Waals surface area contributed by atoms with E-state index in [2.05, 4.69) is 5.10 Å². The number of amides is 1. The molecule has 5 rings (SSSR count). The summed E-state index contributed by atoms with van der Waals surface area (Å²) in [5.41, 5.74) is 2.57. The highest BCUT2D eigenvalue weighted by Crippen LogP contribution is 2.46. The number of carbonyl (C=O) groups is 1. The van der Waals surface area contributed by atoms with Gasteiger partial charge in [0.15, 0.2) is 28.7 Å². The lowest BCUT2D eigenvalue weighted by atomic mass is 9.77. The molecular formula is C31H33F3N4O5. The number of ether oxygens (including phenoxy) is 4. The third-order valence-corrected chi connectivity index (χ3v) is 7.81. The highest BCUT2D eigenvalue weighted by Gasteiger charge is 2.44. The van der Waals surface area contributed by atoms with E-state index in [4.69, 9.17) is 24.0 Å². The topological polar surface area (TPSA) is 87.4 Å². The zero-order valence-electron chi connectivity index (χ0n) is 24.6. The van der Waals surface area contributed by atoms with Crippen molar-refractivity contribution in [2.45, 2.75) is 44.9 Å². The Bertz CT molecular complexity index is 1580. The van der Waals surface area contributed by atoms with Crippen LogP contribution < -0.4 is 18.9 Å². The van der Waals surface area contributed by atoms with Crippen molar-refractivity contribution in [3.8, 4) is 23.0 Å². The summed E-state index contributed by atoms with van der Waals surface area (Å²) in [7, 11) is 6.22. The van der Waals surface area contributed by atoms with E-state index < -0.39 is 30.4 Å². The van der Waals surface area contributed by atoms with Crippen LogP contribution in [0.5, 0.6) is 23.0 Å². The number of carbonyl (C=O) groups excluding carboxylic acids is 1. The highest BCUT2D eigenvalue weighted by molar-refractivity contribution is 6.08. The van der Waals surface area contributed by atoms with Crippen molar-refractivity contribution in [2.24, 2.45) is 11.0 Å². The first-order chi connectivity index (χ1) is 20.6. The van der Waals surface area contributed by atoms with Crippen molar-refractivity contribution in [3.05, 3.63) is 70.6 Å². The number of aryl methyl sites for hydroxylation is 1. The van der Waals surface area contributed by atoms with E-state index in [9.17, 15) is 18.0 Å². The van der Waals surface area contributed by atoms with E-state index >= 15 is 0 Å². The fourth-order valence-corrected chi connectivity index (χ4v) is 5.73. The van der Waals surface area contributed by atoms with E-state index in [1.54, 1.807) is 20.3 Å². The molecule has 0 N–H and O–H groups in total. The molecule has 2 atom stereocenters. The summed E-state index contributed by atoms with van der Waals surface area (Å²) in [5, 5.41) is 9.89. The maximum absolute atomic E-state index is 13.8. The van der Waals surface area contributed by atoms with E-state index in [1.807, 2.05) is 36.4 Å². The third-order valence-electron chi connectivity index (χ3n) is 7.81. The average molecular weight is 599 g/mol. The van der Waals surface area contributed by atoms with Crippen LogP contribution in [-0.4, -0.2) is 54.8 Å². The van der Waals surface area contributed by atoms with Crippen molar-refractivity contribution in [2.75, 3.05) is 28.4 Å². The van der Waals surface area contributed by atoms with Gasteiger partial charge in [-0.3, -0.25) is 9.48 Å². The number of rotatable bonds is 8. The Morgan fingerprint density at radius 1 is 0.953 bits per heavy atom. The number of fused-ring (bicyclic) bond motifs is 1. The van der Waals surface area contributed by atoms with Gasteiger partial charge < -0.3 is 18.9 Å². The summed E-state index contributed by atoms with van der Waals surface area (Å²) in [6.45, 7) is 1.09. The molecule has 1 aliphatic heterocycles. The van der Waals surface area contributed by atoms with Crippen LogP contribution in [0.2, 0.25) is 0 Å². The van der Waals surface area contributed by atoms with Gasteiger partial charge in [-0.05, 0) is 79.3 Å². The minimum atomic E-state index is -4.62. The molecule has 228 valence electrons. The predicted molar refractivity (Wildman–Crippen MR) is 153 cm³/mol. The number of methoxy groups -OCH3 is 4. The van der Waals surface area contributed by atoms with Gasteiger partial charge in [0.05, 0.1) is 40.2 Å². The summed E-state index contributed by atoms with van der Waals surface area (Å²) in [4.78, 5) is 13.8. The van der Waals surface area contributed by atoms with Gasteiger partial charge in [-0.25, -0.2) is 5.01 Å². The van der Waals surface area contributed by atoms with E-state index in [1.165, 1.54) is 26.2 Å². The molecule has 0 spiro atoms. The van der Waals surface area contributed by atoms with Crippen molar-refractivity contribution >= 4 is 17.7 Å². The molecule has 0 saturated heterocycles. The Morgan fingerprint density at radius 2 is 1.60 bits per heavy atom. The van der Waals surface area contributed by atoms with E-state index in [0.717, 1.165) is 52.4 Å². The molecule has 1 fully saturated rings. The third kappa shape index (κ3) is 5.91. The zero-order valence-corrected chi connectivity index (χ0v) is 24.6. The molecule has 1 aliphatic carbocycles. The van der Waals surface area contributed by atoms with Crippen LogP contribution >= 0.6 is 0 Å². The molecule has 12 heteroatoms. The minimum absolute atomic E-state index is 0.147. The Morgan fingerprint density at radius 3 is 2.23 bits per heavy atom. The number of halogens is 3. The summed E-state index contributed by atoms with van der Waals surface area (Å²) in [6, 6.07) is 11.5. The first-order valence-electron chi connectivity index (χ1n) is 13.7. The normalized spacial score (nSPS) is 19.2. The SMILES string of the molecule is COc1ccc(/C=C2\CCCC3C2=NN(C(=O)Cn2nc(C(F)(F)F)cc2C)C3c2ccc(OC)c(OC)c2)cc1OC. The molecule has 9 nitrogen and oxygen atoms in total. The first kappa shape index (κ1) is 30.0. The van der Waals surface area contributed by atoms with Gasteiger partial charge in [0, 0.05) is 11.6 Å². The lowest BCUT2D eigenvalue weighted by Gasteiger charge is -2.30. The van der Waals surface area contributed by atoms with Crippen LogP contribution in [0.4, 0.5) is 13.2 Å². The van der Waals surface area contributed by atoms with Gasteiger partial charge in [-0.2, -0.15) is 23.4 Å². The number of hydrogen-bond donors (Lipinski definition) is 0. The van der Waals surface area contributed by atoms with Gasteiger partial charge >= 0.3 is 6.18 Å². The Labute approximate surface area is 247 Å². The summed E-state index contributed by atoms with van der Waals surface area (Å²) in [5.74, 6) is 1.60.